The van der Waals surface area contributed by atoms with Gasteiger partial charge in [-0.25, -0.2) is 0 Å². The predicted molar refractivity (Wildman–Crippen MR) is 125 cm³/mol. The van der Waals surface area contributed by atoms with Crippen molar-refractivity contribution in [3.05, 3.63) is 95.1 Å². The first kappa shape index (κ1) is 24.8. The second-order valence-electron chi connectivity index (χ2n) is 7.71. The maximum Gasteiger partial charge on any atom is 0.416 e. The average Bonchev–Trinajstić information content (AvgIpc) is 2.81. The molecule has 0 unspecified atom stereocenters. The van der Waals surface area contributed by atoms with E-state index < -0.39 is 35.0 Å². The van der Waals surface area contributed by atoms with Crippen molar-refractivity contribution in [2.45, 2.75) is 12.4 Å². The van der Waals surface area contributed by atoms with E-state index in [9.17, 15) is 36.6 Å². The van der Waals surface area contributed by atoms with Crippen LogP contribution in [0.4, 0.5) is 37.7 Å². The topological polar surface area (TPSA) is 65.2 Å². The lowest BCUT2D eigenvalue weighted by molar-refractivity contribution is -0.138. The zero-order chi connectivity index (χ0) is 26.1. The van der Waals surface area contributed by atoms with E-state index in [1.165, 1.54) is 0 Å². The largest absolute Gasteiger partial charge is 0.507 e. The quantitative estimate of drug-likeness (QED) is 0.221. The number of rotatable bonds is 4. The zero-order valence-corrected chi connectivity index (χ0v) is 18.1. The first-order valence-electron chi connectivity index (χ1n) is 10.3. The summed E-state index contributed by atoms with van der Waals surface area (Å²) < 4.78 is 78.3. The third kappa shape index (κ3) is 5.32. The molecular formula is C26H16F6N2O2. The zero-order valence-electron chi connectivity index (χ0n) is 18.1. The van der Waals surface area contributed by atoms with Gasteiger partial charge in [0, 0.05) is 28.9 Å². The summed E-state index contributed by atoms with van der Waals surface area (Å²) in [5, 5.41) is 21.1. The maximum atomic E-state index is 13.0. The van der Waals surface area contributed by atoms with E-state index in [0.29, 0.717) is 22.1 Å². The summed E-state index contributed by atoms with van der Waals surface area (Å²) in [5.74, 6) is -0.796. The second kappa shape index (κ2) is 9.37. The highest BCUT2D eigenvalue weighted by molar-refractivity contribution is 6.04. The van der Waals surface area contributed by atoms with Crippen LogP contribution >= 0.6 is 0 Å². The lowest BCUT2D eigenvalue weighted by Crippen LogP contribution is -2.05. The average molecular weight is 502 g/mol. The summed E-state index contributed by atoms with van der Waals surface area (Å²) in [6.45, 7) is 0. The van der Waals surface area contributed by atoms with Gasteiger partial charge in [0.25, 0.3) is 0 Å². The molecule has 2 N–H and O–H groups in total. The van der Waals surface area contributed by atoms with Crippen molar-refractivity contribution in [2.75, 3.05) is 0 Å². The van der Waals surface area contributed by atoms with Crippen LogP contribution in [0.3, 0.4) is 0 Å². The minimum atomic E-state index is -4.60. The number of benzene rings is 4. The van der Waals surface area contributed by atoms with E-state index >= 15 is 0 Å². The summed E-state index contributed by atoms with van der Waals surface area (Å²) in [4.78, 5) is 8.49. The molecule has 4 aromatic carbocycles. The Balaban J connectivity index is 1.77. The number of nitrogens with zero attached hydrogens (tertiary/aromatic N) is 2. The third-order valence-electron chi connectivity index (χ3n) is 5.26. The summed E-state index contributed by atoms with van der Waals surface area (Å²) >= 11 is 0. The van der Waals surface area contributed by atoms with Crippen molar-refractivity contribution in [3.63, 3.8) is 0 Å². The standard InChI is InChI=1S/C26H16F6N2O2/c27-25(28,29)18-7-9-22(35)16(11-18)13-33-20-5-1-3-15-4-2-6-21(24(15)20)34-14-17-12-19(26(30,31)32)8-10-23(17)36/h1-14,35-36H. The van der Waals surface area contributed by atoms with E-state index in [2.05, 4.69) is 9.98 Å². The normalized spacial score (nSPS) is 12.7. The van der Waals surface area contributed by atoms with Crippen molar-refractivity contribution in [1.29, 1.82) is 0 Å². The van der Waals surface area contributed by atoms with Gasteiger partial charge in [-0.3, -0.25) is 9.98 Å². The molecule has 0 radical (unpaired) electrons. The molecule has 10 heteroatoms. The van der Waals surface area contributed by atoms with Gasteiger partial charge in [0.2, 0.25) is 0 Å². The van der Waals surface area contributed by atoms with Crippen LogP contribution < -0.4 is 0 Å². The maximum absolute atomic E-state index is 13.0. The molecule has 0 spiro atoms. The summed E-state index contributed by atoms with van der Waals surface area (Å²) in [5.41, 5.74) is -1.62. The fourth-order valence-corrected chi connectivity index (χ4v) is 3.46. The first-order valence-corrected chi connectivity index (χ1v) is 10.3. The van der Waals surface area contributed by atoms with Gasteiger partial charge < -0.3 is 10.2 Å². The van der Waals surface area contributed by atoms with Crippen LogP contribution in [0.2, 0.25) is 0 Å². The van der Waals surface area contributed by atoms with Gasteiger partial charge in [0.15, 0.2) is 0 Å². The molecular weight excluding hydrogens is 486 g/mol. The molecule has 0 atom stereocenters. The number of halogens is 6. The molecule has 0 aliphatic rings. The highest BCUT2D eigenvalue weighted by Crippen LogP contribution is 2.36. The van der Waals surface area contributed by atoms with Crippen LogP contribution in [-0.4, -0.2) is 22.6 Å². The van der Waals surface area contributed by atoms with E-state index in [0.717, 1.165) is 48.8 Å². The first-order chi connectivity index (χ1) is 16.9. The Kier molecular flexibility index (Phi) is 6.45. The minimum absolute atomic E-state index is 0.156. The number of phenolic OH excluding ortho intramolecular Hbond substituents is 2. The Morgan fingerprint density at radius 1 is 0.583 bits per heavy atom. The Morgan fingerprint density at radius 3 is 1.39 bits per heavy atom. The number of aliphatic imine (C=N–C) groups is 2. The van der Waals surface area contributed by atoms with Gasteiger partial charge >= 0.3 is 12.4 Å². The molecule has 4 nitrogen and oxygen atoms in total. The van der Waals surface area contributed by atoms with Crippen molar-refractivity contribution in [3.8, 4) is 11.5 Å². The molecule has 0 aliphatic heterocycles. The molecule has 36 heavy (non-hydrogen) atoms. The van der Waals surface area contributed by atoms with Crippen LogP contribution in [0.25, 0.3) is 10.8 Å². The molecule has 184 valence electrons. The van der Waals surface area contributed by atoms with Gasteiger partial charge in [-0.05, 0) is 53.9 Å². The monoisotopic (exact) mass is 502 g/mol. The molecule has 0 saturated heterocycles. The van der Waals surface area contributed by atoms with Gasteiger partial charge in [0.1, 0.15) is 11.5 Å². The molecule has 0 aliphatic carbocycles. The second-order valence-corrected chi connectivity index (χ2v) is 7.71. The fourth-order valence-electron chi connectivity index (χ4n) is 3.46. The Bertz CT molecular complexity index is 1380. The molecule has 0 aromatic heterocycles. The lowest BCUT2D eigenvalue weighted by Gasteiger charge is -2.09. The molecule has 0 bridgehead atoms. The van der Waals surface area contributed by atoms with Crippen LogP contribution in [0.5, 0.6) is 11.5 Å². The van der Waals surface area contributed by atoms with Crippen LogP contribution in [0.15, 0.2) is 82.8 Å². The van der Waals surface area contributed by atoms with Crippen LogP contribution in [0.1, 0.15) is 22.3 Å². The highest BCUT2D eigenvalue weighted by atomic mass is 19.4. The Labute approximate surface area is 200 Å². The van der Waals surface area contributed by atoms with E-state index in [4.69, 9.17) is 0 Å². The summed E-state index contributed by atoms with van der Waals surface area (Å²) in [7, 11) is 0. The summed E-state index contributed by atoms with van der Waals surface area (Å²) in [6, 6.07) is 14.8. The smallest absolute Gasteiger partial charge is 0.416 e. The van der Waals surface area contributed by atoms with Gasteiger partial charge in [-0.2, -0.15) is 26.3 Å². The van der Waals surface area contributed by atoms with Crippen molar-refractivity contribution >= 4 is 34.6 Å². The number of fused-ring (bicyclic) bond motifs is 1. The molecule has 4 aromatic rings. The minimum Gasteiger partial charge on any atom is -0.507 e. The highest BCUT2D eigenvalue weighted by Gasteiger charge is 2.31. The van der Waals surface area contributed by atoms with Gasteiger partial charge in [-0.15, -0.1) is 0 Å². The van der Waals surface area contributed by atoms with Crippen LogP contribution in [0, 0.1) is 0 Å². The lowest BCUT2D eigenvalue weighted by atomic mass is 10.1. The van der Waals surface area contributed by atoms with Gasteiger partial charge in [0.05, 0.1) is 22.5 Å². The van der Waals surface area contributed by atoms with Crippen molar-refractivity contribution in [1.82, 2.24) is 0 Å². The number of phenols is 2. The molecule has 4 rings (SSSR count). The molecule has 0 amide bonds. The predicted octanol–water partition coefficient (Wildman–Crippen LogP) is 7.79. The Hall–Kier alpha value is -4.34. The fraction of sp³-hybridized carbons (Fsp3) is 0.0769. The van der Waals surface area contributed by atoms with E-state index in [1.807, 2.05) is 0 Å². The van der Waals surface area contributed by atoms with Crippen LogP contribution in [-0.2, 0) is 12.4 Å². The number of alkyl halides is 6. The third-order valence-corrected chi connectivity index (χ3v) is 5.26. The van der Waals surface area contributed by atoms with Gasteiger partial charge in [-0.1, -0.05) is 24.3 Å². The number of aromatic hydroxyl groups is 2. The number of hydrogen-bond donors (Lipinski definition) is 2. The SMILES string of the molecule is Oc1ccc(C(F)(F)F)cc1C=Nc1cccc2cccc(N=Cc3cc(C(F)(F)F)ccc3O)c12. The van der Waals surface area contributed by atoms with Crippen molar-refractivity contribution < 1.29 is 36.6 Å². The Morgan fingerprint density at radius 2 is 1.00 bits per heavy atom. The molecule has 0 heterocycles. The molecule has 0 fully saturated rings. The van der Waals surface area contributed by atoms with Crippen molar-refractivity contribution in [2.24, 2.45) is 9.98 Å². The number of hydrogen-bond acceptors (Lipinski definition) is 4. The van der Waals surface area contributed by atoms with E-state index in [1.54, 1.807) is 36.4 Å². The molecule has 0 saturated carbocycles. The van der Waals surface area contributed by atoms with E-state index in [-0.39, 0.29) is 11.1 Å². The summed E-state index contributed by atoms with van der Waals surface area (Å²) in [6.07, 6.45) is -7.05.